The molecule has 0 amide bonds. The molecule has 0 unspecified atom stereocenters. The number of nitrogens with one attached hydrogen (secondary N) is 1. The Morgan fingerprint density at radius 2 is 1.44 bits per heavy atom. The fourth-order valence-corrected chi connectivity index (χ4v) is 5.52. The fourth-order valence-electron chi connectivity index (χ4n) is 4.38. The topological polar surface area (TPSA) is 51.1 Å². The first-order chi connectivity index (χ1) is 15.4. The third kappa shape index (κ3) is 3.26. The van der Waals surface area contributed by atoms with Crippen LogP contribution in [0.1, 0.15) is 11.1 Å². The Kier molecular flexibility index (Phi) is 4.79. The molecule has 32 heavy (non-hydrogen) atoms. The van der Waals surface area contributed by atoms with Gasteiger partial charge in [-0.3, -0.25) is 4.72 Å². The standard InChI is InChI=1S/C27H24N2O2S/c1-18-13-15-21(16-14-18)32(30,31)28-27-19(2)17-24-26(25(27)20-9-5-4-6-10-20)22-11-7-8-12-23(22)29(24)3/h4-17,28H,1-3H3. The van der Waals surface area contributed by atoms with Crippen molar-refractivity contribution in [1.82, 2.24) is 4.57 Å². The van der Waals surface area contributed by atoms with Crippen molar-refractivity contribution in [2.24, 2.45) is 7.05 Å². The van der Waals surface area contributed by atoms with Crippen LogP contribution in [-0.4, -0.2) is 13.0 Å². The zero-order valence-electron chi connectivity index (χ0n) is 18.3. The van der Waals surface area contributed by atoms with E-state index in [1.807, 2.05) is 68.4 Å². The van der Waals surface area contributed by atoms with Crippen LogP contribution in [0.5, 0.6) is 0 Å². The minimum atomic E-state index is -3.76. The van der Waals surface area contributed by atoms with Crippen LogP contribution in [0.4, 0.5) is 5.69 Å². The highest BCUT2D eigenvalue weighted by molar-refractivity contribution is 7.92. The number of sulfonamides is 1. The summed E-state index contributed by atoms with van der Waals surface area (Å²) < 4.78 is 31.8. The molecule has 0 atom stereocenters. The van der Waals surface area contributed by atoms with E-state index in [9.17, 15) is 8.42 Å². The van der Waals surface area contributed by atoms with Crippen LogP contribution in [0.25, 0.3) is 32.9 Å². The average Bonchev–Trinajstić information content (AvgIpc) is 3.07. The van der Waals surface area contributed by atoms with Crippen molar-refractivity contribution in [3.63, 3.8) is 0 Å². The maximum atomic E-state index is 13.3. The highest BCUT2D eigenvalue weighted by Gasteiger charge is 2.23. The van der Waals surface area contributed by atoms with Gasteiger partial charge < -0.3 is 4.57 Å². The summed E-state index contributed by atoms with van der Waals surface area (Å²) in [6.07, 6.45) is 0. The summed E-state index contributed by atoms with van der Waals surface area (Å²) >= 11 is 0. The van der Waals surface area contributed by atoms with Crippen LogP contribution >= 0.6 is 0 Å². The summed E-state index contributed by atoms with van der Waals surface area (Å²) in [6.45, 7) is 3.90. The molecule has 0 saturated carbocycles. The molecular weight excluding hydrogens is 416 g/mol. The molecule has 0 aliphatic carbocycles. The minimum Gasteiger partial charge on any atom is -0.344 e. The second-order valence-electron chi connectivity index (χ2n) is 8.20. The Labute approximate surface area is 188 Å². The van der Waals surface area contributed by atoms with E-state index in [4.69, 9.17) is 0 Å². The predicted molar refractivity (Wildman–Crippen MR) is 133 cm³/mol. The van der Waals surface area contributed by atoms with Crippen molar-refractivity contribution < 1.29 is 8.42 Å². The Morgan fingerprint density at radius 1 is 0.781 bits per heavy atom. The van der Waals surface area contributed by atoms with Crippen molar-refractivity contribution in [3.8, 4) is 11.1 Å². The minimum absolute atomic E-state index is 0.250. The van der Waals surface area contributed by atoms with Gasteiger partial charge in [0.25, 0.3) is 10.0 Å². The number of nitrogens with zero attached hydrogens (tertiary/aromatic N) is 1. The maximum absolute atomic E-state index is 13.3. The fraction of sp³-hybridized carbons (Fsp3) is 0.111. The van der Waals surface area contributed by atoms with Gasteiger partial charge in [-0.15, -0.1) is 0 Å². The van der Waals surface area contributed by atoms with Crippen molar-refractivity contribution in [2.45, 2.75) is 18.7 Å². The molecule has 5 aromatic rings. The summed E-state index contributed by atoms with van der Waals surface area (Å²) in [5.41, 5.74) is 6.55. The molecule has 1 aromatic heterocycles. The van der Waals surface area contributed by atoms with Gasteiger partial charge in [0, 0.05) is 34.4 Å². The van der Waals surface area contributed by atoms with Gasteiger partial charge in [-0.05, 0) is 49.2 Å². The molecule has 0 fully saturated rings. The lowest BCUT2D eigenvalue weighted by atomic mass is 9.95. The van der Waals surface area contributed by atoms with E-state index >= 15 is 0 Å². The normalized spacial score (nSPS) is 11.8. The number of anilines is 1. The molecule has 4 aromatic carbocycles. The van der Waals surface area contributed by atoms with E-state index < -0.39 is 10.0 Å². The number of para-hydroxylation sites is 1. The summed E-state index contributed by atoms with van der Waals surface area (Å²) in [5, 5.41) is 2.14. The first-order valence-corrected chi connectivity index (χ1v) is 12.0. The van der Waals surface area contributed by atoms with Crippen molar-refractivity contribution in [2.75, 3.05) is 4.72 Å². The average molecular weight is 441 g/mol. The molecule has 0 saturated heterocycles. The molecule has 0 radical (unpaired) electrons. The lowest BCUT2D eigenvalue weighted by molar-refractivity contribution is 0.601. The van der Waals surface area contributed by atoms with E-state index in [1.54, 1.807) is 12.1 Å². The van der Waals surface area contributed by atoms with Crippen LogP contribution in [0.15, 0.2) is 89.8 Å². The van der Waals surface area contributed by atoms with E-state index in [0.29, 0.717) is 5.69 Å². The first kappa shape index (κ1) is 20.3. The number of aromatic nitrogens is 1. The smallest absolute Gasteiger partial charge is 0.261 e. The molecule has 0 spiro atoms. The van der Waals surface area contributed by atoms with Gasteiger partial charge in [0.2, 0.25) is 0 Å². The van der Waals surface area contributed by atoms with Crippen LogP contribution < -0.4 is 4.72 Å². The summed E-state index contributed by atoms with van der Waals surface area (Å²) in [6, 6.07) is 27.2. The second kappa shape index (κ2) is 7.53. The summed E-state index contributed by atoms with van der Waals surface area (Å²) in [5.74, 6) is 0. The Balaban J connectivity index is 1.84. The van der Waals surface area contributed by atoms with E-state index in [1.165, 1.54) is 0 Å². The van der Waals surface area contributed by atoms with Gasteiger partial charge in [0.15, 0.2) is 0 Å². The quantitative estimate of drug-likeness (QED) is 0.351. The number of rotatable bonds is 4. The lowest BCUT2D eigenvalue weighted by Gasteiger charge is -2.18. The molecule has 1 heterocycles. The van der Waals surface area contributed by atoms with E-state index in [2.05, 4.69) is 34.5 Å². The molecule has 4 nitrogen and oxygen atoms in total. The van der Waals surface area contributed by atoms with Crippen molar-refractivity contribution in [1.29, 1.82) is 0 Å². The summed E-state index contributed by atoms with van der Waals surface area (Å²) in [4.78, 5) is 0.250. The van der Waals surface area contributed by atoms with Gasteiger partial charge >= 0.3 is 0 Å². The van der Waals surface area contributed by atoms with Gasteiger partial charge in [0.1, 0.15) is 0 Å². The highest BCUT2D eigenvalue weighted by atomic mass is 32.2. The van der Waals surface area contributed by atoms with Crippen LogP contribution in [0.3, 0.4) is 0 Å². The van der Waals surface area contributed by atoms with Crippen LogP contribution in [-0.2, 0) is 17.1 Å². The number of hydrogen-bond acceptors (Lipinski definition) is 2. The third-order valence-corrected chi connectivity index (χ3v) is 7.40. The number of hydrogen-bond donors (Lipinski definition) is 1. The molecule has 0 aliphatic heterocycles. The molecular formula is C27H24N2O2S. The lowest BCUT2D eigenvalue weighted by Crippen LogP contribution is -2.14. The molecule has 5 heteroatoms. The third-order valence-electron chi connectivity index (χ3n) is 6.03. The Hall–Kier alpha value is -3.57. The molecule has 0 bridgehead atoms. The molecule has 1 N–H and O–H groups in total. The number of benzene rings is 4. The zero-order chi connectivity index (χ0) is 22.5. The van der Waals surface area contributed by atoms with E-state index in [0.717, 1.165) is 44.1 Å². The predicted octanol–water partition coefficient (Wildman–Crippen LogP) is 6.42. The molecule has 160 valence electrons. The van der Waals surface area contributed by atoms with Gasteiger partial charge in [-0.1, -0.05) is 66.2 Å². The second-order valence-corrected chi connectivity index (χ2v) is 9.88. The van der Waals surface area contributed by atoms with Gasteiger partial charge in [-0.25, -0.2) is 8.42 Å². The first-order valence-electron chi connectivity index (χ1n) is 10.5. The van der Waals surface area contributed by atoms with Crippen LogP contribution in [0.2, 0.25) is 0 Å². The molecule has 0 aliphatic rings. The SMILES string of the molecule is Cc1ccc(S(=O)(=O)Nc2c(C)cc3c(c2-c2ccccc2)c2ccccc2n3C)cc1. The van der Waals surface area contributed by atoms with Crippen LogP contribution in [0, 0.1) is 13.8 Å². The zero-order valence-corrected chi connectivity index (χ0v) is 19.1. The number of fused-ring (bicyclic) bond motifs is 3. The monoisotopic (exact) mass is 440 g/mol. The maximum Gasteiger partial charge on any atom is 0.261 e. The summed E-state index contributed by atoms with van der Waals surface area (Å²) in [7, 11) is -1.70. The van der Waals surface area contributed by atoms with Gasteiger partial charge in [0.05, 0.1) is 10.6 Å². The van der Waals surface area contributed by atoms with E-state index in [-0.39, 0.29) is 4.90 Å². The van der Waals surface area contributed by atoms with Gasteiger partial charge in [-0.2, -0.15) is 0 Å². The van der Waals surface area contributed by atoms with Crippen molar-refractivity contribution >= 4 is 37.5 Å². The Morgan fingerprint density at radius 3 is 2.16 bits per heavy atom. The largest absolute Gasteiger partial charge is 0.344 e. The van der Waals surface area contributed by atoms with Crippen molar-refractivity contribution in [3.05, 3.63) is 96.1 Å². The Bertz CT molecular complexity index is 1570. The highest BCUT2D eigenvalue weighted by Crippen LogP contribution is 2.43. The molecule has 5 rings (SSSR count). The number of aryl methyl sites for hydroxylation is 3.